The normalized spacial score (nSPS) is 13.4. The zero-order valence-electron chi connectivity index (χ0n) is 28.7. The third kappa shape index (κ3) is 7.85. The maximum Gasteiger partial charge on any atom is 0.410 e. The van der Waals surface area contributed by atoms with Gasteiger partial charge in [-0.05, 0) is 93.4 Å². The Bertz CT molecular complexity index is 1950. The lowest BCUT2D eigenvalue weighted by Gasteiger charge is -2.26. The standard InChI is InChI=1S/C34H34ClFN4O4/c1-5-15-40(33(41)44-34(2,3)4)19-26-11-14-30(43-26)23-9-12-29-27(17-23)32(38-21-37-29)39-25-10-13-31(28(35)18-25)42-20-22-7-6-8-24(36)16-22/h6-14,16-18,21H,5,15,19-20H2,1-4H3,(H,37,38,39)/i19D2,20D2. The van der Waals surface area contributed by atoms with Gasteiger partial charge < -0.3 is 24.1 Å². The molecular formula is C34H34ClFN4O4. The summed E-state index contributed by atoms with van der Waals surface area (Å²) in [6.45, 7) is 2.51. The molecule has 5 aromatic rings. The molecule has 5 rings (SSSR count). The topological polar surface area (TPSA) is 89.7 Å². The van der Waals surface area contributed by atoms with Gasteiger partial charge in [-0.25, -0.2) is 19.2 Å². The Kier molecular flexibility index (Phi) is 7.83. The van der Waals surface area contributed by atoms with Gasteiger partial charge >= 0.3 is 6.09 Å². The lowest BCUT2D eigenvalue weighted by Crippen LogP contribution is -2.36. The molecule has 0 spiro atoms. The van der Waals surface area contributed by atoms with Gasteiger partial charge in [0.05, 0.1) is 22.5 Å². The molecule has 10 heteroatoms. The van der Waals surface area contributed by atoms with Gasteiger partial charge in [-0.15, -0.1) is 0 Å². The Morgan fingerprint density at radius 1 is 1.09 bits per heavy atom. The number of hydrogen-bond acceptors (Lipinski definition) is 7. The van der Waals surface area contributed by atoms with Crippen LogP contribution in [0.4, 0.5) is 20.7 Å². The fourth-order valence-electron chi connectivity index (χ4n) is 4.19. The van der Waals surface area contributed by atoms with Gasteiger partial charge in [0.25, 0.3) is 0 Å². The predicted molar refractivity (Wildman–Crippen MR) is 170 cm³/mol. The van der Waals surface area contributed by atoms with Gasteiger partial charge in [0.1, 0.15) is 47.4 Å². The van der Waals surface area contributed by atoms with E-state index in [2.05, 4.69) is 15.3 Å². The molecule has 0 saturated carbocycles. The first kappa shape index (κ1) is 25.8. The van der Waals surface area contributed by atoms with Crippen LogP contribution in [-0.4, -0.2) is 33.1 Å². The first-order chi connectivity index (χ1) is 22.6. The fraction of sp³-hybridized carbons (Fsp3) is 0.265. The van der Waals surface area contributed by atoms with Crippen molar-refractivity contribution in [3.63, 3.8) is 0 Å². The number of furan rings is 1. The lowest BCUT2D eigenvalue weighted by molar-refractivity contribution is 0.0221. The van der Waals surface area contributed by atoms with Crippen LogP contribution < -0.4 is 10.1 Å². The van der Waals surface area contributed by atoms with E-state index in [4.69, 9.17) is 31.0 Å². The Morgan fingerprint density at radius 2 is 1.93 bits per heavy atom. The molecule has 1 N–H and O–H groups in total. The second-order valence-corrected chi connectivity index (χ2v) is 11.3. The molecule has 0 aliphatic carbocycles. The van der Waals surface area contributed by atoms with Crippen LogP contribution in [0.3, 0.4) is 0 Å². The molecule has 44 heavy (non-hydrogen) atoms. The van der Waals surface area contributed by atoms with E-state index < -0.39 is 30.6 Å². The van der Waals surface area contributed by atoms with Crippen molar-refractivity contribution in [2.75, 3.05) is 11.9 Å². The molecule has 0 fully saturated rings. The first-order valence-electron chi connectivity index (χ1n) is 15.9. The van der Waals surface area contributed by atoms with Crippen molar-refractivity contribution < 1.29 is 28.6 Å². The van der Waals surface area contributed by atoms with Crippen LogP contribution >= 0.6 is 11.6 Å². The highest BCUT2D eigenvalue weighted by Crippen LogP contribution is 2.33. The first-order valence-corrected chi connectivity index (χ1v) is 14.3. The zero-order valence-corrected chi connectivity index (χ0v) is 25.4. The molecule has 0 atom stereocenters. The highest BCUT2D eigenvalue weighted by atomic mass is 35.5. The van der Waals surface area contributed by atoms with Crippen molar-refractivity contribution in [3.8, 4) is 17.1 Å². The Balaban J connectivity index is 1.39. The number of ether oxygens (including phenoxy) is 2. The average Bonchev–Trinajstić information content (AvgIpc) is 3.52. The number of halogens is 2. The predicted octanol–water partition coefficient (Wildman–Crippen LogP) is 9.15. The summed E-state index contributed by atoms with van der Waals surface area (Å²) in [4.78, 5) is 22.7. The van der Waals surface area contributed by atoms with E-state index in [-0.39, 0.29) is 28.6 Å². The van der Waals surface area contributed by atoms with Crippen LogP contribution in [0.15, 0.2) is 83.5 Å². The maximum atomic E-state index is 13.7. The fourth-order valence-corrected chi connectivity index (χ4v) is 4.41. The SMILES string of the molecule is [2H]C([2H])(Oc1ccc(Nc2ncnc3ccc(-c4ccc(C([2H])([2H])N(CCC)C(=O)OC(C)(C)C)o4)cc23)cc1Cl)c1cccc(F)c1. The molecule has 228 valence electrons. The lowest BCUT2D eigenvalue weighted by atomic mass is 10.1. The van der Waals surface area contributed by atoms with Gasteiger partial charge in [-0.3, -0.25) is 0 Å². The Morgan fingerprint density at radius 3 is 2.68 bits per heavy atom. The van der Waals surface area contributed by atoms with Crippen molar-refractivity contribution in [1.29, 1.82) is 0 Å². The molecule has 2 heterocycles. The minimum Gasteiger partial charge on any atom is -0.487 e. The zero-order chi connectivity index (χ0) is 34.9. The van der Waals surface area contributed by atoms with Crippen LogP contribution in [0.1, 0.15) is 50.9 Å². The summed E-state index contributed by atoms with van der Waals surface area (Å²) in [7, 11) is 0. The minimum atomic E-state index is -2.34. The van der Waals surface area contributed by atoms with Crippen molar-refractivity contribution >= 4 is 40.1 Å². The van der Waals surface area contributed by atoms with Crippen molar-refractivity contribution in [2.45, 2.75) is 52.8 Å². The number of carbonyl (C=O) groups is 1. The smallest absolute Gasteiger partial charge is 0.410 e. The van der Waals surface area contributed by atoms with Crippen LogP contribution in [0.5, 0.6) is 5.75 Å². The summed E-state index contributed by atoms with van der Waals surface area (Å²) in [5.41, 5.74) is 0.962. The number of hydrogen-bond donors (Lipinski definition) is 1. The molecule has 0 bridgehead atoms. The summed E-state index contributed by atoms with van der Waals surface area (Å²) < 4.78 is 64.7. The molecule has 0 aliphatic heterocycles. The molecule has 0 radical (unpaired) electrons. The summed E-state index contributed by atoms with van der Waals surface area (Å²) in [5.74, 6) is 0.212. The van der Waals surface area contributed by atoms with E-state index in [1.807, 2.05) is 6.92 Å². The van der Waals surface area contributed by atoms with Gasteiger partial charge in [0.2, 0.25) is 0 Å². The van der Waals surface area contributed by atoms with Gasteiger partial charge in [-0.1, -0.05) is 30.7 Å². The molecule has 0 saturated heterocycles. The number of rotatable bonds is 10. The quantitative estimate of drug-likeness (QED) is 0.166. The number of anilines is 2. The maximum absolute atomic E-state index is 13.7. The third-order valence-electron chi connectivity index (χ3n) is 6.13. The van der Waals surface area contributed by atoms with E-state index in [1.54, 1.807) is 57.2 Å². The Hall–Kier alpha value is -4.63. The number of carbonyl (C=O) groups excluding carboxylic acids is 1. The van der Waals surface area contributed by atoms with Gasteiger partial charge in [0.15, 0.2) is 0 Å². The van der Waals surface area contributed by atoms with Crippen molar-refractivity contribution in [3.05, 3.63) is 101 Å². The molecule has 3 aromatic carbocycles. The number of fused-ring (bicyclic) bond motifs is 1. The van der Waals surface area contributed by atoms with E-state index in [9.17, 15) is 9.18 Å². The van der Waals surface area contributed by atoms with Crippen molar-refractivity contribution in [1.82, 2.24) is 14.9 Å². The number of amides is 1. The molecule has 0 aliphatic rings. The molecular weight excluding hydrogens is 583 g/mol. The van der Waals surface area contributed by atoms with E-state index in [1.165, 1.54) is 36.7 Å². The van der Waals surface area contributed by atoms with Crippen LogP contribution in [0.25, 0.3) is 22.2 Å². The number of nitrogens with zero attached hydrogens (tertiary/aromatic N) is 3. The molecule has 8 nitrogen and oxygen atoms in total. The molecule has 0 unspecified atom stereocenters. The third-order valence-corrected chi connectivity index (χ3v) is 6.43. The summed E-state index contributed by atoms with van der Waals surface area (Å²) in [6, 6.07) is 18.2. The van der Waals surface area contributed by atoms with Crippen molar-refractivity contribution in [2.24, 2.45) is 0 Å². The van der Waals surface area contributed by atoms with E-state index >= 15 is 0 Å². The van der Waals surface area contributed by atoms with Crippen LogP contribution in [0.2, 0.25) is 5.02 Å². The van der Waals surface area contributed by atoms with E-state index in [0.717, 1.165) is 11.0 Å². The van der Waals surface area contributed by atoms with E-state index in [0.29, 0.717) is 40.2 Å². The minimum absolute atomic E-state index is 0.00479. The second-order valence-electron chi connectivity index (χ2n) is 10.8. The second kappa shape index (κ2) is 13.3. The number of benzene rings is 3. The van der Waals surface area contributed by atoms with Crippen LogP contribution in [0, 0.1) is 5.82 Å². The summed E-state index contributed by atoms with van der Waals surface area (Å²) in [5, 5.41) is 3.93. The summed E-state index contributed by atoms with van der Waals surface area (Å²) in [6.07, 6.45) is 1.13. The highest BCUT2D eigenvalue weighted by Gasteiger charge is 2.23. The van der Waals surface area contributed by atoms with Gasteiger partial charge in [-0.2, -0.15) is 0 Å². The monoisotopic (exact) mass is 620 g/mol. The Labute approximate surface area is 266 Å². The van der Waals surface area contributed by atoms with Gasteiger partial charge in [0, 0.05) is 23.2 Å². The largest absolute Gasteiger partial charge is 0.487 e. The summed E-state index contributed by atoms with van der Waals surface area (Å²) >= 11 is 6.46. The van der Waals surface area contributed by atoms with Crippen LogP contribution in [-0.2, 0) is 17.8 Å². The molecule has 1 amide bonds. The highest BCUT2D eigenvalue weighted by molar-refractivity contribution is 6.32. The molecule has 2 aromatic heterocycles. The average molecular weight is 621 g/mol. The number of aromatic nitrogens is 2. The number of nitrogens with one attached hydrogen (secondary N) is 1.